The van der Waals surface area contributed by atoms with Gasteiger partial charge in [0.05, 0.1) is 11.6 Å². The van der Waals surface area contributed by atoms with Crippen molar-refractivity contribution < 1.29 is 9.13 Å². The molecule has 3 aromatic rings. The summed E-state index contributed by atoms with van der Waals surface area (Å²) in [5.41, 5.74) is 2.43. The SMILES string of the molecule is Cc1cc2cnc(Nc3cccc(F)c3)nc2cc1OC(C)C. The molecule has 4 nitrogen and oxygen atoms in total. The molecule has 0 aliphatic heterocycles. The summed E-state index contributed by atoms with van der Waals surface area (Å²) in [6.45, 7) is 5.97. The third kappa shape index (κ3) is 3.56. The predicted molar refractivity (Wildman–Crippen MR) is 89.7 cm³/mol. The van der Waals surface area contributed by atoms with E-state index in [9.17, 15) is 4.39 Å². The Hall–Kier alpha value is -2.69. The number of nitrogens with zero attached hydrogens (tertiary/aromatic N) is 2. The van der Waals surface area contributed by atoms with E-state index in [2.05, 4.69) is 15.3 Å². The zero-order chi connectivity index (χ0) is 16.4. The van der Waals surface area contributed by atoms with E-state index in [1.807, 2.05) is 32.9 Å². The summed E-state index contributed by atoms with van der Waals surface area (Å²) in [5, 5.41) is 3.94. The van der Waals surface area contributed by atoms with Gasteiger partial charge in [0.15, 0.2) is 0 Å². The first-order valence-electron chi connectivity index (χ1n) is 7.48. The van der Waals surface area contributed by atoms with Gasteiger partial charge in [0.25, 0.3) is 0 Å². The number of anilines is 2. The fraction of sp³-hybridized carbons (Fsp3) is 0.222. The summed E-state index contributed by atoms with van der Waals surface area (Å²) in [5.74, 6) is 0.921. The molecule has 0 spiro atoms. The van der Waals surface area contributed by atoms with Gasteiger partial charge in [0, 0.05) is 23.3 Å². The Kier molecular flexibility index (Phi) is 4.10. The number of aryl methyl sites for hydroxylation is 1. The van der Waals surface area contributed by atoms with Gasteiger partial charge in [-0.3, -0.25) is 0 Å². The van der Waals surface area contributed by atoms with Crippen molar-refractivity contribution in [2.24, 2.45) is 0 Å². The molecular formula is C18H18FN3O. The molecule has 1 aromatic heterocycles. The standard InChI is InChI=1S/C18H18FN3O/c1-11(2)23-17-9-16-13(7-12(17)3)10-20-18(22-16)21-15-6-4-5-14(19)8-15/h4-11H,1-3H3,(H,20,21,22). The van der Waals surface area contributed by atoms with Crippen LogP contribution in [-0.2, 0) is 0 Å². The Bertz CT molecular complexity index is 849. The van der Waals surface area contributed by atoms with Gasteiger partial charge in [0.2, 0.25) is 5.95 Å². The normalized spacial score (nSPS) is 11.0. The maximum atomic E-state index is 13.2. The highest BCUT2D eigenvalue weighted by Crippen LogP contribution is 2.26. The Labute approximate surface area is 134 Å². The quantitative estimate of drug-likeness (QED) is 0.764. The number of rotatable bonds is 4. The minimum atomic E-state index is -0.306. The number of aromatic nitrogens is 2. The highest BCUT2D eigenvalue weighted by Gasteiger charge is 2.07. The molecule has 1 N–H and O–H groups in total. The first kappa shape index (κ1) is 15.2. The van der Waals surface area contributed by atoms with E-state index < -0.39 is 0 Å². The minimum absolute atomic E-state index is 0.0953. The van der Waals surface area contributed by atoms with Crippen LogP contribution in [-0.4, -0.2) is 16.1 Å². The molecule has 0 aliphatic rings. The van der Waals surface area contributed by atoms with Crippen LogP contribution in [0.2, 0.25) is 0 Å². The average molecular weight is 311 g/mol. The summed E-state index contributed by atoms with van der Waals surface area (Å²) < 4.78 is 19.0. The smallest absolute Gasteiger partial charge is 0.227 e. The fourth-order valence-electron chi connectivity index (χ4n) is 2.31. The lowest BCUT2D eigenvalue weighted by Crippen LogP contribution is -2.07. The molecule has 3 rings (SSSR count). The van der Waals surface area contributed by atoms with E-state index in [1.54, 1.807) is 18.3 Å². The lowest BCUT2D eigenvalue weighted by atomic mass is 10.1. The molecule has 0 radical (unpaired) electrons. The Balaban J connectivity index is 1.95. The second-order valence-electron chi connectivity index (χ2n) is 5.67. The second kappa shape index (κ2) is 6.20. The molecule has 0 aliphatic carbocycles. The van der Waals surface area contributed by atoms with Crippen LogP contribution in [0.25, 0.3) is 10.9 Å². The Morgan fingerprint density at radius 1 is 1.17 bits per heavy atom. The Morgan fingerprint density at radius 2 is 2.00 bits per heavy atom. The molecule has 0 bridgehead atoms. The van der Waals surface area contributed by atoms with E-state index in [0.717, 1.165) is 22.2 Å². The van der Waals surface area contributed by atoms with E-state index in [1.165, 1.54) is 12.1 Å². The first-order chi connectivity index (χ1) is 11.0. The van der Waals surface area contributed by atoms with Gasteiger partial charge in [-0.05, 0) is 50.6 Å². The maximum Gasteiger partial charge on any atom is 0.227 e. The molecule has 0 unspecified atom stereocenters. The van der Waals surface area contributed by atoms with Crippen LogP contribution in [0, 0.1) is 12.7 Å². The number of ether oxygens (including phenoxy) is 1. The number of benzene rings is 2. The molecule has 0 atom stereocenters. The fourth-order valence-corrected chi connectivity index (χ4v) is 2.31. The molecule has 5 heteroatoms. The van der Waals surface area contributed by atoms with Crippen molar-refractivity contribution in [1.29, 1.82) is 0 Å². The molecule has 0 saturated heterocycles. The highest BCUT2D eigenvalue weighted by molar-refractivity contribution is 5.81. The van der Waals surface area contributed by atoms with Crippen LogP contribution in [0.15, 0.2) is 42.6 Å². The zero-order valence-corrected chi connectivity index (χ0v) is 13.3. The van der Waals surface area contributed by atoms with E-state index in [-0.39, 0.29) is 11.9 Å². The lowest BCUT2D eigenvalue weighted by Gasteiger charge is -2.13. The van der Waals surface area contributed by atoms with Gasteiger partial charge in [-0.1, -0.05) is 6.07 Å². The van der Waals surface area contributed by atoms with Crippen LogP contribution in [0.3, 0.4) is 0 Å². The number of fused-ring (bicyclic) bond motifs is 1. The van der Waals surface area contributed by atoms with Crippen molar-refractivity contribution in [2.45, 2.75) is 26.9 Å². The molecule has 1 heterocycles. The number of hydrogen-bond donors (Lipinski definition) is 1. The second-order valence-corrected chi connectivity index (χ2v) is 5.67. The predicted octanol–water partition coefficient (Wildman–Crippen LogP) is 4.61. The highest BCUT2D eigenvalue weighted by atomic mass is 19.1. The van der Waals surface area contributed by atoms with E-state index >= 15 is 0 Å². The summed E-state index contributed by atoms with van der Waals surface area (Å²) in [7, 11) is 0. The molecular weight excluding hydrogens is 293 g/mol. The third-order valence-corrected chi connectivity index (χ3v) is 3.32. The molecule has 0 saturated carbocycles. The van der Waals surface area contributed by atoms with Gasteiger partial charge in [-0.15, -0.1) is 0 Å². The van der Waals surface area contributed by atoms with Crippen LogP contribution in [0.5, 0.6) is 5.75 Å². The van der Waals surface area contributed by atoms with Crippen LogP contribution in [0.1, 0.15) is 19.4 Å². The van der Waals surface area contributed by atoms with E-state index in [4.69, 9.17) is 4.74 Å². The van der Waals surface area contributed by atoms with Crippen molar-refractivity contribution in [2.75, 3.05) is 5.32 Å². The monoisotopic (exact) mass is 311 g/mol. The third-order valence-electron chi connectivity index (χ3n) is 3.32. The van der Waals surface area contributed by atoms with Gasteiger partial charge in [-0.2, -0.15) is 0 Å². The molecule has 23 heavy (non-hydrogen) atoms. The first-order valence-corrected chi connectivity index (χ1v) is 7.48. The van der Waals surface area contributed by atoms with Crippen molar-refractivity contribution in [1.82, 2.24) is 9.97 Å². The summed E-state index contributed by atoms with van der Waals surface area (Å²) in [4.78, 5) is 8.76. The molecule has 2 aromatic carbocycles. The zero-order valence-electron chi connectivity index (χ0n) is 13.3. The maximum absolute atomic E-state index is 13.2. The number of halogens is 1. The number of nitrogens with one attached hydrogen (secondary N) is 1. The summed E-state index contributed by atoms with van der Waals surface area (Å²) in [6, 6.07) is 10.1. The molecule has 118 valence electrons. The summed E-state index contributed by atoms with van der Waals surface area (Å²) in [6.07, 6.45) is 1.84. The van der Waals surface area contributed by atoms with Crippen LogP contribution in [0.4, 0.5) is 16.0 Å². The van der Waals surface area contributed by atoms with Gasteiger partial charge in [-0.25, -0.2) is 14.4 Å². The van der Waals surface area contributed by atoms with Crippen molar-refractivity contribution in [3.63, 3.8) is 0 Å². The molecule has 0 amide bonds. The lowest BCUT2D eigenvalue weighted by molar-refractivity contribution is 0.241. The van der Waals surface area contributed by atoms with Gasteiger partial charge < -0.3 is 10.1 Å². The topological polar surface area (TPSA) is 47.0 Å². The van der Waals surface area contributed by atoms with Gasteiger partial charge >= 0.3 is 0 Å². The minimum Gasteiger partial charge on any atom is -0.491 e. The van der Waals surface area contributed by atoms with Crippen LogP contribution >= 0.6 is 0 Å². The van der Waals surface area contributed by atoms with Crippen molar-refractivity contribution in [3.05, 3.63) is 54.0 Å². The van der Waals surface area contributed by atoms with Crippen molar-refractivity contribution >= 4 is 22.5 Å². The van der Waals surface area contributed by atoms with Gasteiger partial charge in [0.1, 0.15) is 11.6 Å². The largest absolute Gasteiger partial charge is 0.491 e. The summed E-state index contributed by atoms with van der Waals surface area (Å²) >= 11 is 0. The average Bonchev–Trinajstić information content (AvgIpc) is 2.48. The van der Waals surface area contributed by atoms with Crippen molar-refractivity contribution in [3.8, 4) is 5.75 Å². The number of hydrogen-bond acceptors (Lipinski definition) is 4. The molecule has 0 fully saturated rings. The Morgan fingerprint density at radius 3 is 2.74 bits per heavy atom. The van der Waals surface area contributed by atoms with Crippen LogP contribution < -0.4 is 10.1 Å². The van der Waals surface area contributed by atoms with E-state index in [0.29, 0.717) is 11.6 Å².